The summed E-state index contributed by atoms with van der Waals surface area (Å²) in [4.78, 5) is 28.0. The van der Waals surface area contributed by atoms with E-state index in [2.05, 4.69) is 15.5 Å². The average Bonchev–Trinajstić information content (AvgIpc) is 3.22. The van der Waals surface area contributed by atoms with Crippen LogP contribution in [0.15, 0.2) is 53.1 Å². The predicted octanol–water partition coefficient (Wildman–Crippen LogP) is 3.26. The Balaban J connectivity index is 1.43. The first-order valence-electron chi connectivity index (χ1n) is 8.71. The Labute approximate surface area is 171 Å². The van der Waals surface area contributed by atoms with Gasteiger partial charge in [0.25, 0.3) is 11.8 Å². The molecular formula is C20H18ClN3O5. The third kappa shape index (κ3) is 5.79. The monoisotopic (exact) mass is 415 g/mol. The number of nitrogens with one attached hydrogen (secondary N) is 1. The van der Waals surface area contributed by atoms with Crippen molar-refractivity contribution in [3.63, 3.8) is 0 Å². The van der Waals surface area contributed by atoms with Gasteiger partial charge in [-0.15, -0.1) is 0 Å². The van der Waals surface area contributed by atoms with Crippen molar-refractivity contribution in [1.29, 1.82) is 0 Å². The maximum absolute atomic E-state index is 12.0. The van der Waals surface area contributed by atoms with E-state index in [4.69, 9.17) is 25.6 Å². The first-order chi connectivity index (χ1) is 14.0. The molecule has 0 aliphatic carbocycles. The van der Waals surface area contributed by atoms with Crippen LogP contribution in [0.1, 0.15) is 22.7 Å². The number of amides is 1. The molecule has 0 atom stereocenters. The topological polar surface area (TPSA) is 104 Å². The summed E-state index contributed by atoms with van der Waals surface area (Å²) in [7, 11) is 1.57. The zero-order valence-electron chi connectivity index (χ0n) is 15.6. The highest BCUT2D eigenvalue weighted by atomic mass is 35.5. The van der Waals surface area contributed by atoms with Crippen LogP contribution in [0.2, 0.25) is 5.02 Å². The van der Waals surface area contributed by atoms with E-state index in [0.29, 0.717) is 22.2 Å². The van der Waals surface area contributed by atoms with Crippen molar-refractivity contribution in [1.82, 2.24) is 15.5 Å². The van der Waals surface area contributed by atoms with Crippen molar-refractivity contribution in [2.75, 3.05) is 13.7 Å². The van der Waals surface area contributed by atoms with Gasteiger partial charge in [0.2, 0.25) is 5.82 Å². The fourth-order valence-electron chi connectivity index (χ4n) is 2.39. The molecule has 0 aliphatic heterocycles. The molecule has 0 spiro atoms. The Morgan fingerprint density at radius 2 is 1.97 bits per heavy atom. The second kappa shape index (κ2) is 9.70. The maximum Gasteiger partial charge on any atom is 0.308 e. The molecule has 3 aromatic rings. The van der Waals surface area contributed by atoms with Crippen LogP contribution in [0.5, 0.6) is 5.75 Å². The lowest BCUT2D eigenvalue weighted by atomic mass is 10.2. The molecule has 29 heavy (non-hydrogen) atoms. The van der Waals surface area contributed by atoms with Crippen molar-refractivity contribution in [3.05, 3.63) is 65.0 Å². The van der Waals surface area contributed by atoms with Gasteiger partial charge in [-0.3, -0.25) is 9.59 Å². The van der Waals surface area contributed by atoms with E-state index in [0.717, 1.165) is 5.56 Å². The molecule has 0 aliphatic rings. The molecule has 0 unspecified atom stereocenters. The molecule has 2 aromatic carbocycles. The Morgan fingerprint density at radius 3 is 2.72 bits per heavy atom. The largest absolute Gasteiger partial charge is 0.497 e. The van der Waals surface area contributed by atoms with Gasteiger partial charge in [-0.2, -0.15) is 4.98 Å². The van der Waals surface area contributed by atoms with Crippen molar-refractivity contribution >= 4 is 23.5 Å². The minimum absolute atomic E-state index is 0.0101. The van der Waals surface area contributed by atoms with Gasteiger partial charge in [-0.05, 0) is 36.4 Å². The lowest BCUT2D eigenvalue weighted by Crippen LogP contribution is -2.26. The molecule has 0 saturated carbocycles. The van der Waals surface area contributed by atoms with Gasteiger partial charge in [-0.25, -0.2) is 0 Å². The second-order valence-corrected chi connectivity index (χ2v) is 6.35. The third-order valence-electron chi connectivity index (χ3n) is 3.87. The highest BCUT2D eigenvalue weighted by Gasteiger charge is 2.12. The predicted molar refractivity (Wildman–Crippen MR) is 104 cm³/mol. The Hall–Kier alpha value is -3.39. The Morgan fingerprint density at radius 1 is 1.17 bits per heavy atom. The van der Waals surface area contributed by atoms with Crippen molar-refractivity contribution in [2.24, 2.45) is 0 Å². The number of ether oxygens (including phenoxy) is 2. The molecule has 8 nitrogen and oxygen atoms in total. The highest BCUT2D eigenvalue weighted by Crippen LogP contribution is 2.21. The summed E-state index contributed by atoms with van der Waals surface area (Å²) in [5.74, 6) is 0.407. The van der Waals surface area contributed by atoms with Crippen LogP contribution in [0.4, 0.5) is 0 Å². The maximum atomic E-state index is 12.0. The number of methoxy groups -OCH3 is 1. The Bertz CT molecular complexity index is 988. The van der Waals surface area contributed by atoms with Crippen LogP contribution in [0.25, 0.3) is 11.4 Å². The van der Waals surface area contributed by atoms with E-state index in [1.807, 2.05) is 12.1 Å². The number of carbonyl (C=O) groups excluding carboxylic acids is 2. The number of carbonyl (C=O) groups is 2. The number of hydrogen-bond acceptors (Lipinski definition) is 7. The van der Waals surface area contributed by atoms with Crippen molar-refractivity contribution < 1.29 is 23.6 Å². The molecule has 150 valence electrons. The van der Waals surface area contributed by atoms with E-state index in [9.17, 15) is 9.59 Å². The summed E-state index contributed by atoms with van der Waals surface area (Å²) in [5.41, 5.74) is 1.18. The number of rotatable bonds is 8. The second-order valence-electron chi connectivity index (χ2n) is 5.92. The number of esters is 1. The quantitative estimate of drug-likeness (QED) is 0.563. The molecule has 0 saturated heterocycles. The Kier molecular flexibility index (Phi) is 6.80. The van der Waals surface area contributed by atoms with E-state index in [1.54, 1.807) is 43.5 Å². The van der Waals surface area contributed by atoms with Crippen LogP contribution in [-0.2, 0) is 16.1 Å². The van der Waals surface area contributed by atoms with E-state index in [1.165, 1.54) is 0 Å². The molecular weight excluding hydrogens is 398 g/mol. The smallest absolute Gasteiger partial charge is 0.308 e. The molecule has 1 N–H and O–H groups in total. The summed E-state index contributed by atoms with van der Waals surface area (Å²) in [6.07, 6.45) is 0.0101. The molecule has 3 rings (SSSR count). The lowest BCUT2D eigenvalue weighted by molar-refractivity contribution is -0.145. The van der Waals surface area contributed by atoms with Crippen LogP contribution in [0.3, 0.4) is 0 Å². The summed E-state index contributed by atoms with van der Waals surface area (Å²) in [6.45, 7) is -0.0138. The summed E-state index contributed by atoms with van der Waals surface area (Å²) in [6, 6.07) is 13.6. The molecule has 1 amide bonds. The summed E-state index contributed by atoms with van der Waals surface area (Å²) >= 11 is 5.78. The van der Waals surface area contributed by atoms with E-state index < -0.39 is 5.97 Å². The minimum atomic E-state index is -0.498. The van der Waals surface area contributed by atoms with Crippen molar-refractivity contribution in [3.8, 4) is 17.1 Å². The number of benzene rings is 2. The van der Waals surface area contributed by atoms with Crippen LogP contribution < -0.4 is 10.1 Å². The number of halogens is 1. The van der Waals surface area contributed by atoms with Crippen molar-refractivity contribution in [2.45, 2.75) is 13.0 Å². The first-order valence-corrected chi connectivity index (χ1v) is 9.09. The van der Waals surface area contributed by atoms with Crippen LogP contribution in [-0.4, -0.2) is 35.7 Å². The fraction of sp³-hybridized carbons (Fsp3) is 0.200. The molecule has 0 bridgehead atoms. The molecule has 1 aromatic heterocycles. The standard InChI is InChI=1S/C20H18ClN3O5/c1-27-16-4-2-3-14(11-16)19-23-17(29-24-19)12-28-18(25)9-10-22-20(26)13-5-7-15(21)8-6-13/h2-8,11H,9-10,12H2,1H3,(H,22,26). The molecule has 0 radical (unpaired) electrons. The number of hydrogen-bond donors (Lipinski definition) is 1. The lowest BCUT2D eigenvalue weighted by Gasteiger charge is -2.05. The van der Waals surface area contributed by atoms with Gasteiger partial charge in [0.05, 0.1) is 13.5 Å². The van der Waals surface area contributed by atoms with Crippen LogP contribution in [0, 0.1) is 0 Å². The van der Waals surface area contributed by atoms with Gasteiger partial charge >= 0.3 is 5.97 Å². The van der Waals surface area contributed by atoms with Gasteiger partial charge < -0.3 is 19.3 Å². The van der Waals surface area contributed by atoms with E-state index in [-0.39, 0.29) is 31.4 Å². The normalized spacial score (nSPS) is 10.4. The summed E-state index contributed by atoms with van der Waals surface area (Å²) < 4.78 is 15.3. The zero-order chi connectivity index (χ0) is 20.6. The van der Waals surface area contributed by atoms with Gasteiger partial charge in [0, 0.05) is 22.7 Å². The SMILES string of the molecule is COc1cccc(-c2noc(COC(=O)CCNC(=O)c3ccc(Cl)cc3)n2)c1. The van der Waals surface area contributed by atoms with Gasteiger partial charge in [-0.1, -0.05) is 28.9 Å². The zero-order valence-corrected chi connectivity index (χ0v) is 16.3. The minimum Gasteiger partial charge on any atom is -0.497 e. The molecule has 9 heteroatoms. The third-order valence-corrected chi connectivity index (χ3v) is 4.13. The number of nitrogens with zero attached hydrogens (tertiary/aromatic N) is 2. The van der Waals surface area contributed by atoms with Crippen LogP contribution >= 0.6 is 11.6 Å². The summed E-state index contributed by atoms with van der Waals surface area (Å²) in [5, 5.41) is 7.05. The molecule has 1 heterocycles. The van der Waals surface area contributed by atoms with Gasteiger partial charge in [0.1, 0.15) is 5.75 Å². The average molecular weight is 416 g/mol. The highest BCUT2D eigenvalue weighted by molar-refractivity contribution is 6.30. The molecule has 0 fully saturated rings. The first kappa shape index (κ1) is 20.3. The van der Waals surface area contributed by atoms with E-state index >= 15 is 0 Å². The number of aromatic nitrogens is 2. The van der Waals surface area contributed by atoms with Gasteiger partial charge in [0.15, 0.2) is 6.61 Å². The fourth-order valence-corrected chi connectivity index (χ4v) is 2.51.